The van der Waals surface area contributed by atoms with E-state index in [-0.39, 0.29) is 17.9 Å². The minimum absolute atomic E-state index is 0.0421. The van der Waals surface area contributed by atoms with Gasteiger partial charge >= 0.3 is 6.03 Å². The molecule has 7 heteroatoms. The maximum absolute atomic E-state index is 12.8. The van der Waals surface area contributed by atoms with Crippen LogP contribution in [0.15, 0.2) is 72.1 Å². The van der Waals surface area contributed by atoms with Crippen LogP contribution < -0.4 is 16.0 Å². The molecule has 160 valence electrons. The van der Waals surface area contributed by atoms with E-state index in [9.17, 15) is 9.59 Å². The molecule has 3 amide bonds. The number of amides is 3. The number of piperidine rings is 1. The van der Waals surface area contributed by atoms with E-state index in [1.54, 1.807) is 16.2 Å². The molecule has 0 saturated carbocycles. The second-order valence-corrected chi connectivity index (χ2v) is 8.61. The average molecular weight is 435 g/mol. The van der Waals surface area contributed by atoms with E-state index in [4.69, 9.17) is 0 Å². The van der Waals surface area contributed by atoms with Crippen LogP contribution in [0.3, 0.4) is 0 Å². The van der Waals surface area contributed by atoms with Gasteiger partial charge in [0, 0.05) is 35.0 Å². The van der Waals surface area contributed by atoms with Crippen molar-refractivity contribution >= 4 is 40.3 Å². The molecule has 1 unspecified atom stereocenters. The second-order valence-electron chi connectivity index (χ2n) is 7.58. The van der Waals surface area contributed by atoms with Gasteiger partial charge in [-0.3, -0.25) is 4.79 Å². The van der Waals surface area contributed by atoms with Crippen molar-refractivity contribution in [1.29, 1.82) is 0 Å². The molecule has 3 aromatic rings. The molecule has 2 aromatic carbocycles. The molecule has 31 heavy (non-hydrogen) atoms. The minimum atomic E-state index is -0.205. The molecule has 3 N–H and O–H groups in total. The van der Waals surface area contributed by atoms with Crippen molar-refractivity contribution in [2.75, 3.05) is 23.7 Å². The summed E-state index contributed by atoms with van der Waals surface area (Å²) in [5, 5.41) is 11.3. The van der Waals surface area contributed by atoms with E-state index >= 15 is 0 Å². The molecule has 0 bridgehead atoms. The van der Waals surface area contributed by atoms with Crippen molar-refractivity contribution in [2.45, 2.75) is 19.4 Å². The van der Waals surface area contributed by atoms with Gasteiger partial charge in [0.05, 0.1) is 12.5 Å². The summed E-state index contributed by atoms with van der Waals surface area (Å²) in [5.41, 5.74) is 2.72. The Morgan fingerprint density at radius 2 is 1.68 bits per heavy atom. The van der Waals surface area contributed by atoms with Crippen LogP contribution in [0.25, 0.3) is 0 Å². The maximum atomic E-state index is 12.8. The van der Waals surface area contributed by atoms with Crippen LogP contribution >= 0.6 is 11.3 Å². The molecule has 2 heterocycles. The zero-order chi connectivity index (χ0) is 21.5. The smallest absolute Gasteiger partial charge is 0.317 e. The highest BCUT2D eigenvalue weighted by atomic mass is 32.1. The van der Waals surface area contributed by atoms with Crippen molar-refractivity contribution in [3.8, 4) is 0 Å². The first-order chi connectivity index (χ1) is 15.2. The average Bonchev–Trinajstić information content (AvgIpc) is 3.33. The van der Waals surface area contributed by atoms with E-state index in [1.165, 1.54) is 0 Å². The molecule has 1 aliphatic heterocycles. The molecule has 4 rings (SSSR count). The van der Waals surface area contributed by atoms with E-state index in [1.807, 2.05) is 72.1 Å². The lowest BCUT2D eigenvalue weighted by atomic mass is 9.97. The molecule has 1 fully saturated rings. The number of benzene rings is 2. The van der Waals surface area contributed by atoms with Crippen molar-refractivity contribution in [3.05, 3.63) is 77.0 Å². The van der Waals surface area contributed by atoms with Crippen LogP contribution in [0.1, 0.15) is 17.7 Å². The van der Waals surface area contributed by atoms with Gasteiger partial charge in [-0.05, 0) is 60.7 Å². The number of anilines is 3. The van der Waals surface area contributed by atoms with Gasteiger partial charge in [-0.2, -0.15) is 0 Å². The second kappa shape index (κ2) is 10.1. The molecule has 0 radical (unpaired) electrons. The van der Waals surface area contributed by atoms with Gasteiger partial charge in [0.2, 0.25) is 5.91 Å². The number of likely N-dealkylation sites (tertiary alicyclic amines) is 1. The highest BCUT2D eigenvalue weighted by Gasteiger charge is 2.28. The standard InChI is InChI=1S/C24H26N4O2S/c29-23(27-21-12-10-20(11-13-21)26-19-7-2-1-3-8-19)18-6-4-14-28(17-18)24(30)25-16-22-9-5-15-31-22/h1-3,5,7-13,15,18,26H,4,6,14,16-17H2,(H,25,30)(H,27,29). The van der Waals surface area contributed by atoms with Gasteiger partial charge in [0.25, 0.3) is 0 Å². The third-order valence-electron chi connectivity index (χ3n) is 5.29. The number of urea groups is 1. The van der Waals surface area contributed by atoms with Gasteiger partial charge in [-0.25, -0.2) is 4.79 Å². The van der Waals surface area contributed by atoms with Crippen molar-refractivity contribution < 1.29 is 9.59 Å². The van der Waals surface area contributed by atoms with Crippen molar-refractivity contribution in [1.82, 2.24) is 10.2 Å². The van der Waals surface area contributed by atoms with Gasteiger partial charge in [0.1, 0.15) is 0 Å². The lowest BCUT2D eigenvalue weighted by Gasteiger charge is -2.32. The first-order valence-electron chi connectivity index (χ1n) is 10.5. The largest absolute Gasteiger partial charge is 0.356 e. The highest BCUT2D eigenvalue weighted by Crippen LogP contribution is 2.22. The Morgan fingerprint density at radius 3 is 2.42 bits per heavy atom. The predicted molar refractivity (Wildman–Crippen MR) is 126 cm³/mol. The van der Waals surface area contributed by atoms with E-state index in [2.05, 4.69) is 16.0 Å². The summed E-state index contributed by atoms with van der Waals surface area (Å²) in [4.78, 5) is 28.1. The number of para-hydroxylation sites is 1. The Morgan fingerprint density at radius 1 is 0.935 bits per heavy atom. The zero-order valence-corrected chi connectivity index (χ0v) is 18.0. The summed E-state index contributed by atoms with van der Waals surface area (Å²) in [6.07, 6.45) is 1.61. The fourth-order valence-corrected chi connectivity index (χ4v) is 4.28. The molecule has 1 aromatic heterocycles. The van der Waals surface area contributed by atoms with Crippen molar-refractivity contribution in [2.24, 2.45) is 5.92 Å². The Labute approximate surface area is 186 Å². The number of nitrogens with one attached hydrogen (secondary N) is 3. The van der Waals surface area contributed by atoms with Crippen molar-refractivity contribution in [3.63, 3.8) is 0 Å². The summed E-state index contributed by atoms with van der Waals surface area (Å²) in [6, 6.07) is 21.4. The zero-order valence-electron chi connectivity index (χ0n) is 17.2. The normalized spacial score (nSPS) is 15.9. The van der Waals surface area contributed by atoms with Crippen LogP contribution in [0.4, 0.5) is 21.9 Å². The molecule has 0 aliphatic carbocycles. The SMILES string of the molecule is O=C(Nc1ccc(Nc2ccccc2)cc1)C1CCCN(C(=O)NCc2cccs2)C1. The summed E-state index contributed by atoms with van der Waals surface area (Å²) in [7, 11) is 0. The molecule has 1 saturated heterocycles. The number of nitrogens with zero attached hydrogens (tertiary/aromatic N) is 1. The minimum Gasteiger partial charge on any atom is -0.356 e. The summed E-state index contributed by atoms with van der Waals surface area (Å²) >= 11 is 1.62. The first-order valence-corrected chi connectivity index (χ1v) is 11.3. The van der Waals surface area contributed by atoms with Crippen LogP contribution in [-0.4, -0.2) is 29.9 Å². The van der Waals surface area contributed by atoms with E-state index < -0.39 is 0 Å². The van der Waals surface area contributed by atoms with Crippen LogP contribution in [0, 0.1) is 5.92 Å². The van der Waals surface area contributed by atoms with E-state index in [0.717, 1.165) is 34.8 Å². The lowest BCUT2D eigenvalue weighted by molar-refractivity contribution is -0.121. The number of rotatable bonds is 6. The summed E-state index contributed by atoms with van der Waals surface area (Å²) in [6.45, 7) is 1.64. The fraction of sp³-hybridized carbons (Fsp3) is 0.250. The molecule has 1 atom stereocenters. The van der Waals surface area contributed by atoms with Crippen LogP contribution in [0.2, 0.25) is 0 Å². The lowest BCUT2D eigenvalue weighted by Crippen LogP contribution is -2.47. The molecular formula is C24H26N4O2S. The number of carbonyl (C=O) groups excluding carboxylic acids is 2. The van der Waals surface area contributed by atoms with Gasteiger partial charge in [-0.1, -0.05) is 24.3 Å². The Hall–Kier alpha value is -3.32. The quantitative estimate of drug-likeness (QED) is 0.508. The maximum Gasteiger partial charge on any atom is 0.317 e. The Bertz CT molecular complexity index is 990. The summed E-state index contributed by atoms with van der Waals surface area (Å²) in [5.74, 6) is -0.247. The monoisotopic (exact) mass is 434 g/mol. The predicted octanol–water partition coefficient (Wildman–Crippen LogP) is 5.05. The number of thiophene rings is 1. The Balaban J connectivity index is 1.28. The summed E-state index contributed by atoms with van der Waals surface area (Å²) < 4.78 is 0. The molecule has 6 nitrogen and oxygen atoms in total. The van der Waals surface area contributed by atoms with Gasteiger partial charge < -0.3 is 20.9 Å². The number of carbonyl (C=O) groups is 2. The molecule has 1 aliphatic rings. The Kier molecular flexibility index (Phi) is 6.84. The highest BCUT2D eigenvalue weighted by molar-refractivity contribution is 7.09. The third kappa shape index (κ3) is 5.86. The topological polar surface area (TPSA) is 73.5 Å². The van der Waals surface area contributed by atoms with Crippen LogP contribution in [-0.2, 0) is 11.3 Å². The van der Waals surface area contributed by atoms with E-state index in [0.29, 0.717) is 19.6 Å². The van der Waals surface area contributed by atoms with Crippen LogP contribution in [0.5, 0.6) is 0 Å². The van der Waals surface area contributed by atoms with Gasteiger partial charge in [0.15, 0.2) is 0 Å². The fourth-order valence-electron chi connectivity index (χ4n) is 3.63. The first kappa shape index (κ1) is 20.9. The van der Waals surface area contributed by atoms with Gasteiger partial charge in [-0.15, -0.1) is 11.3 Å². The third-order valence-corrected chi connectivity index (χ3v) is 6.16. The number of hydrogen-bond donors (Lipinski definition) is 3. The number of hydrogen-bond acceptors (Lipinski definition) is 4. The molecular weight excluding hydrogens is 408 g/mol. The molecule has 0 spiro atoms.